The number of nitrogens with zero attached hydrogens (tertiary/aromatic N) is 2. The molecule has 0 aromatic heterocycles. The fourth-order valence-corrected chi connectivity index (χ4v) is 5.87. The van der Waals surface area contributed by atoms with Crippen molar-refractivity contribution in [1.82, 2.24) is 4.90 Å². The third-order valence-corrected chi connectivity index (χ3v) is 8.23. The Bertz CT molecular complexity index is 1040. The number of hydrogen-bond acceptors (Lipinski definition) is 1. The summed E-state index contributed by atoms with van der Waals surface area (Å²) in [6.45, 7) is 16.3. The molecule has 0 aliphatic heterocycles. The monoisotopic (exact) mass is 419 g/mol. The molecule has 168 valence electrons. The van der Waals surface area contributed by atoms with Crippen molar-refractivity contribution in [2.45, 2.75) is 80.6 Å². The third-order valence-electron chi connectivity index (χ3n) is 8.23. The van der Waals surface area contributed by atoms with Gasteiger partial charge >= 0.3 is 0 Å². The lowest BCUT2D eigenvalue weighted by Crippen LogP contribution is -2.12. The maximum atomic E-state index is 2.38. The van der Waals surface area contributed by atoms with Gasteiger partial charge in [0.15, 0.2) is 5.71 Å². The first-order valence-electron chi connectivity index (χ1n) is 11.9. The van der Waals surface area contributed by atoms with Crippen LogP contribution in [0.4, 0.5) is 0 Å². The molecule has 0 aromatic rings. The molecule has 0 amide bonds. The van der Waals surface area contributed by atoms with Gasteiger partial charge in [-0.1, -0.05) is 0 Å². The Morgan fingerprint density at radius 1 is 0.677 bits per heavy atom. The molecular formula is C29H43N2+. The van der Waals surface area contributed by atoms with Crippen LogP contribution in [0.3, 0.4) is 0 Å². The maximum Gasteiger partial charge on any atom is 0.183 e. The van der Waals surface area contributed by atoms with E-state index in [1.54, 1.807) is 22.3 Å². The third kappa shape index (κ3) is 4.06. The molecule has 3 rings (SSSR count). The van der Waals surface area contributed by atoms with Gasteiger partial charge in [-0.3, -0.25) is 0 Å². The van der Waals surface area contributed by atoms with Crippen LogP contribution in [0, 0.1) is 0 Å². The number of hydrogen-bond donors (Lipinski definition) is 0. The van der Waals surface area contributed by atoms with Gasteiger partial charge in [-0.2, -0.15) is 0 Å². The minimum atomic E-state index is 1.07. The van der Waals surface area contributed by atoms with Crippen LogP contribution in [0.15, 0.2) is 67.0 Å². The van der Waals surface area contributed by atoms with E-state index in [0.29, 0.717) is 0 Å². The Labute approximate surface area is 191 Å². The van der Waals surface area contributed by atoms with Crippen LogP contribution in [0.2, 0.25) is 0 Å². The van der Waals surface area contributed by atoms with E-state index in [2.05, 4.69) is 86.1 Å². The first-order valence-corrected chi connectivity index (χ1v) is 11.9. The smallest absolute Gasteiger partial charge is 0.183 e. The Kier molecular flexibility index (Phi) is 6.69. The second kappa shape index (κ2) is 8.81. The fraction of sp³-hybridized carbons (Fsp3) is 0.552. The number of allylic oxidation sites excluding steroid dienone is 11. The Morgan fingerprint density at radius 3 is 1.81 bits per heavy atom. The topological polar surface area (TPSA) is 6.25 Å². The summed E-state index contributed by atoms with van der Waals surface area (Å²) in [5.74, 6) is 0. The van der Waals surface area contributed by atoms with E-state index in [9.17, 15) is 0 Å². The first kappa shape index (κ1) is 23.6. The van der Waals surface area contributed by atoms with Crippen molar-refractivity contribution in [2.24, 2.45) is 0 Å². The Hall–Kier alpha value is -2.09. The lowest BCUT2D eigenvalue weighted by molar-refractivity contribution is -0.464. The van der Waals surface area contributed by atoms with Crippen molar-refractivity contribution >= 4 is 5.71 Å². The molecule has 0 bridgehead atoms. The van der Waals surface area contributed by atoms with Gasteiger partial charge in [0.2, 0.25) is 0 Å². The molecule has 0 unspecified atom stereocenters. The predicted octanol–water partition coefficient (Wildman–Crippen LogP) is 7.13. The summed E-state index contributed by atoms with van der Waals surface area (Å²) in [5.41, 5.74) is 19.7. The summed E-state index contributed by atoms with van der Waals surface area (Å²) in [4.78, 5) is 2.30. The van der Waals surface area contributed by atoms with Gasteiger partial charge in [-0.05, 0) is 123 Å². The van der Waals surface area contributed by atoms with Gasteiger partial charge in [0.25, 0.3) is 0 Å². The summed E-state index contributed by atoms with van der Waals surface area (Å²) in [6, 6.07) is 0. The largest absolute Gasteiger partial charge is 0.380 e. The molecule has 2 heteroatoms. The molecule has 0 fully saturated rings. The van der Waals surface area contributed by atoms with E-state index in [0.717, 1.165) is 12.8 Å². The summed E-state index contributed by atoms with van der Waals surface area (Å²) in [7, 11) is 8.70. The van der Waals surface area contributed by atoms with Gasteiger partial charge < -0.3 is 4.90 Å². The summed E-state index contributed by atoms with van der Waals surface area (Å²) >= 11 is 0. The minimum absolute atomic E-state index is 1.07. The summed E-state index contributed by atoms with van der Waals surface area (Å²) in [6.07, 6.45) is 5.82. The second-order valence-corrected chi connectivity index (χ2v) is 10.2. The zero-order chi connectivity index (χ0) is 23.2. The Balaban J connectivity index is 2.07. The lowest BCUT2D eigenvalue weighted by atomic mass is 9.79. The van der Waals surface area contributed by atoms with Crippen LogP contribution in [-0.4, -0.2) is 43.4 Å². The van der Waals surface area contributed by atoms with Crippen molar-refractivity contribution in [1.29, 1.82) is 0 Å². The highest BCUT2D eigenvalue weighted by Gasteiger charge is 2.29. The molecule has 0 spiro atoms. The van der Waals surface area contributed by atoms with Crippen molar-refractivity contribution in [2.75, 3.05) is 28.2 Å². The molecule has 0 aromatic carbocycles. The summed E-state index contributed by atoms with van der Waals surface area (Å²) in [5, 5.41) is 0. The Morgan fingerprint density at radius 2 is 1.29 bits per heavy atom. The molecule has 2 nitrogen and oxygen atoms in total. The van der Waals surface area contributed by atoms with E-state index in [1.165, 1.54) is 69.7 Å². The SMILES string of the molecule is CC1=C(C)C(=[N+](C)C)CC1=C(C)C1=C(C)C(=C(C)C2=C(C)C(C)=C(N(C)C)C2)CCC1. The van der Waals surface area contributed by atoms with Crippen molar-refractivity contribution in [3.8, 4) is 0 Å². The van der Waals surface area contributed by atoms with Crippen LogP contribution in [0.5, 0.6) is 0 Å². The average Bonchev–Trinajstić information content (AvgIpc) is 3.18. The van der Waals surface area contributed by atoms with Crippen LogP contribution < -0.4 is 0 Å². The van der Waals surface area contributed by atoms with Gasteiger partial charge in [0.05, 0.1) is 6.42 Å². The van der Waals surface area contributed by atoms with Gasteiger partial charge in [0, 0.05) is 31.8 Å². The highest BCUT2D eigenvalue weighted by atomic mass is 15.1. The molecule has 3 aliphatic carbocycles. The van der Waals surface area contributed by atoms with Crippen LogP contribution >= 0.6 is 0 Å². The van der Waals surface area contributed by atoms with Crippen LogP contribution in [0.25, 0.3) is 0 Å². The van der Waals surface area contributed by atoms with Crippen LogP contribution in [-0.2, 0) is 0 Å². The lowest BCUT2D eigenvalue weighted by Gasteiger charge is -2.26. The van der Waals surface area contributed by atoms with Gasteiger partial charge in [-0.25, -0.2) is 4.58 Å². The molecule has 0 radical (unpaired) electrons. The summed E-state index contributed by atoms with van der Waals surface area (Å²) < 4.78 is 2.30. The molecule has 3 aliphatic rings. The standard InChI is InChI=1S/C29H43N2/c1-17-19(3)28(30(8)9)15-26(17)22(6)24-13-12-14-25(21(24)5)23(7)27-16-29(31(10)11)20(4)18(27)2/h12-16H2,1-11H3/q+1. The highest BCUT2D eigenvalue weighted by molar-refractivity contribution is 6.03. The van der Waals surface area contributed by atoms with Crippen molar-refractivity contribution < 1.29 is 4.58 Å². The zero-order valence-electron chi connectivity index (χ0n) is 21.9. The van der Waals surface area contributed by atoms with Crippen LogP contribution in [0.1, 0.15) is 80.6 Å². The van der Waals surface area contributed by atoms with E-state index in [4.69, 9.17) is 0 Å². The zero-order valence-corrected chi connectivity index (χ0v) is 21.9. The molecule has 31 heavy (non-hydrogen) atoms. The van der Waals surface area contributed by atoms with Gasteiger partial charge in [-0.15, -0.1) is 0 Å². The van der Waals surface area contributed by atoms with Gasteiger partial charge in [0.1, 0.15) is 14.1 Å². The second-order valence-electron chi connectivity index (χ2n) is 10.2. The van der Waals surface area contributed by atoms with E-state index < -0.39 is 0 Å². The van der Waals surface area contributed by atoms with E-state index in [1.807, 2.05) is 0 Å². The fourth-order valence-electron chi connectivity index (χ4n) is 5.87. The molecule has 0 saturated heterocycles. The van der Waals surface area contributed by atoms with E-state index >= 15 is 0 Å². The maximum absolute atomic E-state index is 2.38. The molecular weight excluding hydrogens is 376 g/mol. The van der Waals surface area contributed by atoms with Crippen molar-refractivity contribution in [3.63, 3.8) is 0 Å². The quantitative estimate of drug-likeness (QED) is 0.441. The normalized spacial score (nSPS) is 23.5. The average molecular weight is 420 g/mol. The first-order chi connectivity index (χ1) is 14.5. The molecule has 0 N–H and O–H groups in total. The minimum Gasteiger partial charge on any atom is -0.380 e. The van der Waals surface area contributed by atoms with Crippen molar-refractivity contribution in [3.05, 3.63) is 67.0 Å². The molecule has 0 heterocycles. The molecule has 0 atom stereocenters. The molecule has 0 saturated carbocycles. The highest BCUT2D eigenvalue weighted by Crippen LogP contribution is 2.44. The van der Waals surface area contributed by atoms with E-state index in [-0.39, 0.29) is 0 Å². The number of rotatable bonds is 3. The predicted molar refractivity (Wildman–Crippen MR) is 136 cm³/mol.